The minimum absolute atomic E-state index is 0.0782. The summed E-state index contributed by atoms with van der Waals surface area (Å²) in [4.78, 5) is 15.2. The topological polar surface area (TPSA) is 58.4 Å². The first-order valence-corrected chi connectivity index (χ1v) is 8.04. The number of benzene rings is 1. The average Bonchev–Trinajstić information content (AvgIpc) is 2.75. The van der Waals surface area contributed by atoms with Gasteiger partial charge in [-0.25, -0.2) is 0 Å². The molecule has 0 radical (unpaired) electrons. The normalized spacial score (nSPS) is 22.9. The standard InChI is InChI=1S/C14H20ClN3OS/c1-18-9-11(16)8-13(18)14(19)17-6-7-20-12-4-2-10(15)3-5-12/h2-5,11,13H,6-9,16H2,1H3,(H,17,19)/t11-,13-/m0/s1. The minimum Gasteiger partial charge on any atom is -0.354 e. The largest absolute Gasteiger partial charge is 0.354 e. The molecule has 0 spiro atoms. The highest BCUT2D eigenvalue weighted by molar-refractivity contribution is 7.99. The van der Waals surface area contributed by atoms with E-state index in [2.05, 4.69) is 5.32 Å². The van der Waals surface area contributed by atoms with Gasteiger partial charge in [-0.3, -0.25) is 9.69 Å². The molecule has 1 heterocycles. The molecule has 1 saturated heterocycles. The van der Waals surface area contributed by atoms with Crippen LogP contribution in [-0.2, 0) is 4.79 Å². The van der Waals surface area contributed by atoms with Gasteiger partial charge in [-0.05, 0) is 37.7 Å². The van der Waals surface area contributed by atoms with Gasteiger partial charge in [-0.15, -0.1) is 11.8 Å². The predicted octanol–water partition coefficient (Wildman–Crippen LogP) is 1.58. The number of carbonyl (C=O) groups excluding carboxylic acids is 1. The molecule has 1 aliphatic rings. The first-order valence-electron chi connectivity index (χ1n) is 6.68. The smallest absolute Gasteiger partial charge is 0.237 e. The van der Waals surface area contributed by atoms with Gasteiger partial charge in [-0.2, -0.15) is 0 Å². The van der Waals surface area contributed by atoms with Crippen LogP contribution in [0.3, 0.4) is 0 Å². The summed E-state index contributed by atoms with van der Waals surface area (Å²) >= 11 is 7.53. The van der Waals surface area contributed by atoms with Crippen LogP contribution in [0.15, 0.2) is 29.2 Å². The summed E-state index contributed by atoms with van der Waals surface area (Å²) in [5, 5.41) is 3.71. The second-order valence-electron chi connectivity index (χ2n) is 5.04. The highest BCUT2D eigenvalue weighted by Crippen LogP contribution is 2.20. The van der Waals surface area contributed by atoms with Crippen molar-refractivity contribution in [3.8, 4) is 0 Å². The van der Waals surface area contributed by atoms with Gasteiger partial charge in [0.25, 0.3) is 0 Å². The molecular weight excluding hydrogens is 294 g/mol. The van der Waals surface area contributed by atoms with Crippen molar-refractivity contribution >= 4 is 29.3 Å². The third kappa shape index (κ3) is 4.38. The quantitative estimate of drug-likeness (QED) is 0.640. The third-order valence-corrected chi connectivity index (χ3v) is 4.63. The fourth-order valence-electron chi connectivity index (χ4n) is 2.34. The van der Waals surface area contributed by atoms with Crippen LogP contribution in [0.5, 0.6) is 0 Å². The van der Waals surface area contributed by atoms with E-state index < -0.39 is 0 Å². The Kier molecular flexibility index (Phi) is 5.72. The lowest BCUT2D eigenvalue weighted by Crippen LogP contribution is -2.42. The summed E-state index contributed by atoms with van der Waals surface area (Å²) in [5.41, 5.74) is 5.86. The highest BCUT2D eigenvalue weighted by Gasteiger charge is 2.32. The molecule has 1 amide bonds. The molecule has 0 bridgehead atoms. The summed E-state index contributed by atoms with van der Waals surface area (Å²) in [5.74, 6) is 0.924. The Bertz CT molecular complexity index is 454. The van der Waals surface area contributed by atoms with E-state index >= 15 is 0 Å². The van der Waals surface area contributed by atoms with Crippen molar-refractivity contribution in [3.63, 3.8) is 0 Å². The van der Waals surface area contributed by atoms with Crippen molar-refractivity contribution < 1.29 is 4.79 Å². The van der Waals surface area contributed by atoms with Crippen LogP contribution in [0.25, 0.3) is 0 Å². The molecule has 0 aliphatic carbocycles. The van der Waals surface area contributed by atoms with E-state index in [1.54, 1.807) is 11.8 Å². The van der Waals surface area contributed by atoms with Crippen LogP contribution in [0.4, 0.5) is 0 Å². The van der Waals surface area contributed by atoms with E-state index in [4.69, 9.17) is 17.3 Å². The van der Waals surface area contributed by atoms with Crippen molar-refractivity contribution in [2.75, 3.05) is 25.9 Å². The van der Waals surface area contributed by atoms with Gasteiger partial charge in [0, 0.05) is 34.8 Å². The Hall–Kier alpha value is -0.750. The van der Waals surface area contributed by atoms with Gasteiger partial charge >= 0.3 is 0 Å². The van der Waals surface area contributed by atoms with Crippen LogP contribution >= 0.6 is 23.4 Å². The Morgan fingerprint density at radius 3 is 2.80 bits per heavy atom. The van der Waals surface area contributed by atoms with Crippen molar-refractivity contribution in [3.05, 3.63) is 29.3 Å². The van der Waals surface area contributed by atoms with Crippen molar-refractivity contribution in [2.45, 2.75) is 23.4 Å². The van der Waals surface area contributed by atoms with E-state index in [0.717, 1.165) is 28.6 Å². The Morgan fingerprint density at radius 1 is 1.50 bits per heavy atom. The predicted molar refractivity (Wildman–Crippen MR) is 84.2 cm³/mol. The van der Waals surface area contributed by atoms with Gasteiger partial charge in [0.2, 0.25) is 5.91 Å². The molecule has 3 N–H and O–H groups in total. The second-order valence-corrected chi connectivity index (χ2v) is 6.65. The van der Waals surface area contributed by atoms with Crippen LogP contribution < -0.4 is 11.1 Å². The highest BCUT2D eigenvalue weighted by atomic mass is 35.5. The number of amides is 1. The Morgan fingerprint density at radius 2 is 2.20 bits per heavy atom. The van der Waals surface area contributed by atoms with E-state index in [1.807, 2.05) is 36.2 Å². The fourth-order valence-corrected chi connectivity index (χ4v) is 3.23. The molecule has 4 nitrogen and oxygen atoms in total. The molecule has 1 aromatic rings. The van der Waals surface area contributed by atoms with Gasteiger partial charge < -0.3 is 11.1 Å². The molecule has 1 aliphatic heterocycles. The van der Waals surface area contributed by atoms with E-state index in [9.17, 15) is 4.79 Å². The summed E-state index contributed by atoms with van der Waals surface area (Å²) in [6.45, 7) is 1.45. The number of hydrogen-bond donors (Lipinski definition) is 2. The lowest BCUT2D eigenvalue weighted by Gasteiger charge is -2.18. The number of rotatable bonds is 5. The maximum atomic E-state index is 12.0. The second kappa shape index (κ2) is 7.31. The van der Waals surface area contributed by atoms with Crippen LogP contribution in [-0.4, -0.2) is 48.8 Å². The van der Waals surface area contributed by atoms with Gasteiger partial charge in [0.1, 0.15) is 0 Å². The lowest BCUT2D eigenvalue weighted by atomic mass is 10.1. The number of hydrogen-bond acceptors (Lipinski definition) is 4. The van der Waals surface area contributed by atoms with Crippen molar-refractivity contribution in [1.82, 2.24) is 10.2 Å². The van der Waals surface area contributed by atoms with Crippen molar-refractivity contribution in [1.29, 1.82) is 0 Å². The third-order valence-electron chi connectivity index (χ3n) is 3.37. The molecule has 0 unspecified atom stereocenters. The Balaban J connectivity index is 1.68. The number of nitrogens with two attached hydrogens (primary N) is 1. The van der Waals surface area contributed by atoms with Crippen LogP contribution in [0.2, 0.25) is 5.02 Å². The first kappa shape index (κ1) is 15.6. The minimum atomic E-state index is -0.0782. The molecule has 2 atom stereocenters. The number of likely N-dealkylation sites (tertiary alicyclic amines) is 1. The molecule has 2 rings (SSSR count). The molecule has 110 valence electrons. The van der Waals surface area contributed by atoms with Crippen molar-refractivity contribution in [2.24, 2.45) is 5.73 Å². The number of halogens is 1. The van der Waals surface area contributed by atoms with Gasteiger partial charge in [0.15, 0.2) is 0 Å². The lowest BCUT2D eigenvalue weighted by molar-refractivity contribution is -0.124. The van der Waals surface area contributed by atoms with E-state index in [0.29, 0.717) is 6.54 Å². The summed E-state index contributed by atoms with van der Waals surface area (Å²) < 4.78 is 0. The number of nitrogens with one attached hydrogen (secondary N) is 1. The monoisotopic (exact) mass is 313 g/mol. The van der Waals surface area contributed by atoms with Gasteiger partial charge in [0.05, 0.1) is 6.04 Å². The fraction of sp³-hybridized carbons (Fsp3) is 0.500. The molecule has 0 saturated carbocycles. The Labute approximate surface area is 129 Å². The maximum absolute atomic E-state index is 12.0. The zero-order valence-electron chi connectivity index (χ0n) is 11.5. The summed E-state index contributed by atoms with van der Waals surface area (Å²) in [6.07, 6.45) is 0.743. The number of carbonyl (C=O) groups is 1. The number of thioether (sulfide) groups is 1. The number of nitrogens with zero attached hydrogens (tertiary/aromatic N) is 1. The molecule has 1 aromatic carbocycles. The zero-order valence-corrected chi connectivity index (χ0v) is 13.1. The van der Waals surface area contributed by atoms with Crippen LogP contribution in [0.1, 0.15) is 6.42 Å². The molecule has 6 heteroatoms. The first-order chi connectivity index (χ1) is 9.56. The summed E-state index contributed by atoms with van der Waals surface area (Å²) in [7, 11) is 1.94. The van der Waals surface area contributed by atoms with E-state index in [-0.39, 0.29) is 18.0 Å². The molecular formula is C14H20ClN3OS. The zero-order chi connectivity index (χ0) is 14.5. The molecule has 1 fully saturated rings. The summed E-state index contributed by atoms with van der Waals surface area (Å²) in [6, 6.07) is 7.75. The molecule has 0 aromatic heterocycles. The average molecular weight is 314 g/mol. The van der Waals surface area contributed by atoms with E-state index in [1.165, 1.54) is 0 Å². The van der Waals surface area contributed by atoms with Crippen LogP contribution in [0, 0.1) is 0 Å². The SMILES string of the molecule is CN1C[C@@H](N)C[C@H]1C(=O)NCCSc1ccc(Cl)cc1. The maximum Gasteiger partial charge on any atom is 0.237 e. The molecule has 20 heavy (non-hydrogen) atoms. The number of likely N-dealkylation sites (N-methyl/N-ethyl adjacent to an activating group) is 1. The van der Waals surface area contributed by atoms with Gasteiger partial charge in [-0.1, -0.05) is 11.6 Å².